The van der Waals surface area contributed by atoms with Crippen LogP contribution < -0.4 is 5.73 Å². The van der Waals surface area contributed by atoms with E-state index >= 15 is 0 Å². The molecule has 1 nitrogen and oxygen atoms in total. The Morgan fingerprint density at radius 2 is 1.83 bits per heavy atom. The van der Waals surface area contributed by atoms with Crippen molar-refractivity contribution in [2.45, 2.75) is 40.0 Å². The molecule has 1 unspecified atom stereocenters. The van der Waals surface area contributed by atoms with Gasteiger partial charge in [-0.2, -0.15) is 0 Å². The molecular weight excluding hydrogens is 146 g/mol. The normalized spacial score (nSPS) is 14.4. The number of allylic oxidation sites excluding steroid dienone is 1. The summed E-state index contributed by atoms with van der Waals surface area (Å²) in [5.41, 5.74) is 5.37. The topological polar surface area (TPSA) is 26.0 Å². The number of hydrogen-bond donors (Lipinski definition) is 1. The first kappa shape index (κ1) is 11.7. The lowest BCUT2D eigenvalue weighted by molar-refractivity contribution is 0.501. The first-order chi connectivity index (χ1) is 5.66. The van der Waals surface area contributed by atoms with Crippen LogP contribution in [0.15, 0.2) is 12.2 Å². The Kier molecular flexibility index (Phi) is 7.17. The first-order valence-electron chi connectivity index (χ1n) is 5.03. The summed E-state index contributed by atoms with van der Waals surface area (Å²) in [6, 6.07) is 0. The molecule has 0 aliphatic rings. The van der Waals surface area contributed by atoms with E-state index in [2.05, 4.69) is 32.9 Å². The number of nitrogens with two attached hydrogens (primary N) is 1. The summed E-state index contributed by atoms with van der Waals surface area (Å²) >= 11 is 0. The van der Waals surface area contributed by atoms with Crippen LogP contribution in [0.2, 0.25) is 0 Å². The van der Waals surface area contributed by atoms with Gasteiger partial charge in [-0.15, -0.1) is 0 Å². The van der Waals surface area contributed by atoms with Gasteiger partial charge in [-0.25, -0.2) is 0 Å². The van der Waals surface area contributed by atoms with Crippen molar-refractivity contribution in [3.63, 3.8) is 0 Å². The predicted molar refractivity (Wildman–Crippen MR) is 56.0 cm³/mol. The Balaban J connectivity index is 3.31. The highest BCUT2D eigenvalue weighted by molar-refractivity contribution is 4.86. The zero-order chi connectivity index (χ0) is 9.40. The summed E-state index contributed by atoms with van der Waals surface area (Å²) in [4.78, 5) is 0. The van der Waals surface area contributed by atoms with Crippen molar-refractivity contribution in [2.24, 2.45) is 17.6 Å². The second kappa shape index (κ2) is 7.35. The predicted octanol–water partition coefficient (Wildman–Crippen LogP) is 2.96. The fourth-order valence-corrected chi connectivity index (χ4v) is 1.26. The van der Waals surface area contributed by atoms with E-state index in [4.69, 9.17) is 5.73 Å². The van der Waals surface area contributed by atoms with Gasteiger partial charge >= 0.3 is 0 Å². The fourth-order valence-electron chi connectivity index (χ4n) is 1.26. The highest BCUT2D eigenvalue weighted by Crippen LogP contribution is 2.12. The van der Waals surface area contributed by atoms with Crippen LogP contribution in [-0.4, -0.2) is 6.54 Å². The molecule has 0 aromatic carbocycles. The van der Waals surface area contributed by atoms with Crippen molar-refractivity contribution in [1.82, 2.24) is 0 Å². The summed E-state index contributed by atoms with van der Waals surface area (Å²) in [6.07, 6.45) is 8.27. The molecule has 12 heavy (non-hydrogen) atoms. The molecule has 0 spiro atoms. The van der Waals surface area contributed by atoms with Gasteiger partial charge in [0.25, 0.3) is 0 Å². The minimum absolute atomic E-state index is 0.675. The molecule has 0 rings (SSSR count). The Labute approximate surface area is 77.0 Å². The van der Waals surface area contributed by atoms with E-state index < -0.39 is 0 Å². The standard InChI is InChI=1S/C11H23N/c1-10(2)6-4-7-11(3)8-5-9-12/h5,8,10-11H,4,6-7,9,12H2,1-3H3/b8-5-. The smallest absolute Gasteiger partial charge is 0.0106 e. The summed E-state index contributed by atoms with van der Waals surface area (Å²) < 4.78 is 0. The van der Waals surface area contributed by atoms with Gasteiger partial charge < -0.3 is 5.73 Å². The van der Waals surface area contributed by atoms with Crippen LogP contribution >= 0.6 is 0 Å². The molecule has 0 saturated heterocycles. The molecule has 1 heteroatoms. The molecule has 0 radical (unpaired) electrons. The van der Waals surface area contributed by atoms with Gasteiger partial charge in [-0.1, -0.05) is 45.8 Å². The van der Waals surface area contributed by atoms with E-state index in [1.165, 1.54) is 19.3 Å². The van der Waals surface area contributed by atoms with Gasteiger partial charge in [-0.05, 0) is 18.3 Å². The second-order valence-electron chi connectivity index (χ2n) is 3.97. The molecule has 0 fully saturated rings. The van der Waals surface area contributed by atoms with Crippen molar-refractivity contribution in [3.8, 4) is 0 Å². The molecule has 2 N–H and O–H groups in total. The maximum absolute atomic E-state index is 5.37. The van der Waals surface area contributed by atoms with E-state index in [9.17, 15) is 0 Å². The van der Waals surface area contributed by atoms with Crippen LogP contribution in [0.3, 0.4) is 0 Å². The third-order valence-electron chi connectivity index (χ3n) is 2.04. The average molecular weight is 169 g/mol. The lowest BCUT2D eigenvalue weighted by atomic mass is 9.99. The maximum atomic E-state index is 5.37. The minimum atomic E-state index is 0.675. The molecule has 0 bridgehead atoms. The zero-order valence-electron chi connectivity index (χ0n) is 8.72. The van der Waals surface area contributed by atoms with E-state index in [-0.39, 0.29) is 0 Å². The van der Waals surface area contributed by atoms with Crippen molar-refractivity contribution < 1.29 is 0 Å². The summed E-state index contributed by atoms with van der Waals surface area (Å²) in [5.74, 6) is 1.54. The van der Waals surface area contributed by atoms with Gasteiger partial charge in [0.2, 0.25) is 0 Å². The minimum Gasteiger partial charge on any atom is -0.327 e. The summed E-state index contributed by atoms with van der Waals surface area (Å²) in [7, 11) is 0. The molecule has 0 saturated carbocycles. The third kappa shape index (κ3) is 7.80. The molecule has 0 amide bonds. The molecule has 1 atom stereocenters. The quantitative estimate of drug-likeness (QED) is 0.608. The van der Waals surface area contributed by atoms with Gasteiger partial charge in [0.15, 0.2) is 0 Å². The van der Waals surface area contributed by atoms with Crippen LogP contribution in [0.4, 0.5) is 0 Å². The summed E-state index contributed by atoms with van der Waals surface area (Å²) in [6.45, 7) is 7.49. The van der Waals surface area contributed by atoms with Gasteiger partial charge in [0, 0.05) is 6.54 Å². The Morgan fingerprint density at radius 1 is 1.17 bits per heavy atom. The van der Waals surface area contributed by atoms with Crippen LogP contribution in [0.25, 0.3) is 0 Å². The van der Waals surface area contributed by atoms with E-state index in [0.717, 1.165) is 5.92 Å². The lowest BCUT2D eigenvalue weighted by Crippen LogP contribution is -1.96. The molecule has 0 aliphatic heterocycles. The first-order valence-corrected chi connectivity index (χ1v) is 5.03. The van der Waals surface area contributed by atoms with E-state index in [0.29, 0.717) is 12.5 Å². The molecule has 0 heterocycles. The summed E-state index contributed by atoms with van der Waals surface area (Å²) in [5, 5.41) is 0. The van der Waals surface area contributed by atoms with Crippen LogP contribution in [0, 0.1) is 11.8 Å². The average Bonchev–Trinajstić information content (AvgIpc) is 2.00. The van der Waals surface area contributed by atoms with Crippen LogP contribution in [0.5, 0.6) is 0 Å². The van der Waals surface area contributed by atoms with Crippen molar-refractivity contribution >= 4 is 0 Å². The molecular formula is C11H23N. The Morgan fingerprint density at radius 3 is 2.33 bits per heavy atom. The monoisotopic (exact) mass is 169 g/mol. The van der Waals surface area contributed by atoms with Gasteiger partial charge in [0.05, 0.1) is 0 Å². The number of hydrogen-bond acceptors (Lipinski definition) is 1. The largest absolute Gasteiger partial charge is 0.327 e. The fraction of sp³-hybridized carbons (Fsp3) is 0.818. The van der Waals surface area contributed by atoms with Crippen molar-refractivity contribution in [1.29, 1.82) is 0 Å². The maximum Gasteiger partial charge on any atom is 0.0106 e. The Bertz CT molecular complexity index is 116. The van der Waals surface area contributed by atoms with Crippen molar-refractivity contribution in [2.75, 3.05) is 6.54 Å². The van der Waals surface area contributed by atoms with Gasteiger partial charge in [0.1, 0.15) is 0 Å². The van der Waals surface area contributed by atoms with Crippen LogP contribution in [0.1, 0.15) is 40.0 Å². The van der Waals surface area contributed by atoms with E-state index in [1.54, 1.807) is 0 Å². The lowest BCUT2D eigenvalue weighted by Gasteiger charge is -2.07. The third-order valence-corrected chi connectivity index (χ3v) is 2.04. The molecule has 0 aliphatic carbocycles. The highest BCUT2D eigenvalue weighted by atomic mass is 14.5. The Hall–Kier alpha value is -0.300. The van der Waals surface area contributed by atoms with Crippen LogP contribution in [-0.2, 0) is 0 Å². The van der Waals surface area contributed by atoms with Crippen molar-refractivity contribution in [3.05, 3.63) is 12.2 Å². The molecule has 0 aromatic rings. The second-order valence-corrected chi connectivity index (χ2v) is 3.97. The highest BCUT2D eigenvalue weighted by Gasteiger charge is 1.98. The molecule has 72 valence electrons. The van der Waals surface area contributed by atoms with Gasteiger partial charge in [-0.3, -0.25) is 0 Å². The zero-order valence-corrected chi connectivity index (χ0v) is 8.72. The number of rotatable bonds is 6. The van der Waals surface area contributed by atoms with E-state index in [1.807, 2.05) is 0 Å². The SMILES string of the molecule is CC(C)CCCC(C)/C=C\CN. The molecule has 0 aromatic heterocycles.